The minimum absolute atomic E-state index is 0.0527. The molecule has 3 rings (SSSR count). The van der Waals surface area contributed by atoms with E-state index >= 15 is 0 Å². The van der Waals surface area contributed by atoms with Crippen molar-refractivity contribution in [3.63, 3.8) is 0 Å². The first-order valence-electron chi connectivity index (χ1n) is 8.72. The zero-order valence-corrected chi connectivity index (χ0v) is 15.1. The zero-order valence-electron chi connectivity index (χ0n) is 15.1. The SMILES string of the molecule is BN1CCC(c2cccc(OCc3ccc(C(=O)OC)cc3F)n2)CC1. The van der Waals surface area contributed by atoms with Crippen molar-refractivity contribution in [2.24, 2.45) is 0 Å². The molecule has 26 heavy (non-hydrogen) atoms. The number of pyridine rings is 1. The van der Waals surface area contributed by atoms with Gasteiger partial charge in [0.25, 0.3) is 0 Å². The van der Waals surface area contributed by atoms with E-state index < -0.39 is 11.8 Å². The van der Waals surface area contributed by atoms with E-state index in [-0.39, 0.29) is 12.2 Å². The molecule has 1 aromatic carbocycles. The van der Waals surface area contributed by atoms with Crippen LogP contribution in [0.3, 0.4) is 0 Å². The smallest absolute Gasteiger partial charge is 0.337 e. The molecule has 2 aromatic rings. The summed E-state index contributed by atoms with van der Waals surface area (Å²) in [7, 11) is 3.39. The Balaban J connectivity index is 1.65. The van der Waals surface area contributed by atoms with Gasteiger partial charge in [-0.25, -0.2) is 14.2 Å². The summed E-state index contributed by atoms with van der Waals surface area (Å²) in [6.07, 6.45) is 2.16. The summed E-state index contributed by atoms with van der Waals surface area (Å²) in [6.45, 7) is 2.18. The maximum absolute atomic E-state index is 14.1. The summed E-state index contributed by atoms with van der Waals surface area (Å²) in [4.78, 5) is 18.3. The number of esters is 1. The molecule has 1 aromatic heterocycles. The molecule has 0 saturated carbocycles. The van der Waals surface area contributed by atoms with Crippen LogP contribution in [0, 0.1) is 5.82 Å². The van der Waals surface area contributed by atoms with Gasteiger partial charge in [0.15, 0.2) is 7.98 Å². The quantitative estimate of drug-likeness (QED) is 0.608. The Morgan fingerprint density at radius 1 is 1.31 bits per heavy atom. The third kappa shape index (κ3) is 4.41. The minimum Gasteiger partial charge on any atom is -0.473 e. The lowest BCUT2D eigenvalue weighted by Gasteiger charge is -2.29. The second-order valence-corrected chi connectivity index (χ2v) is 6.56. The van der Waals surface area contributed by atoms with Gasteiger partial charge in [-0.15, -0.1) is 0 Å². The number of nitrogens with zero attached hydrogens (tertiary/aromatic N) is 2. The Bertz CT molecular complexity index is 779. The number of hydrogen-bond acceptors (Lipinski definition) is 5. The average molecular weight is 356 g/mol. The normalized spacial score (nSPS) is 15.6. The number of benzene rings is 1. The van der Waals surface area contributed by atoms with Crippen LogP contribution in [0.25, 0.3) is 0 Å². The molecule has 1 aliphatic heterocycles. The van der Waals surface area contributed by atoms with Gasteiger partial charge < -0.3 is 14.3 Å². The number of carbonyl (C=O) groups excluding carboxylic acids is 1. The Morgan fingerprint density at radius 2 is 2.08 bits per heavy atom. The third-order valence-electron chi connectivity index (χ3n) is 4.73. The first-order chi connectivity index (χ1) is 12.6. The highest BCUT2D eigenvalue weighted by Crippen LogP contribution is 2.27. The fourth-order valence-corrected chi connectivity index (χ4v) is 3.10. The fraction of sp³-hybridized carbons (Fsp3) is 0.368. The highest BCUT2D eigenvalue weighted by Gasteiger charge is 2.19. The van der Waals surface area contributed by atoms with E-state index in [4.69, 9.17) is 4.74 Å². The zero-order chi connectivity index (χ0) is 18.5. The Kier molecular flexibility index (Phi) is 5.88. The van der Waals surface area contributed by atoms with Crippen LogP contribution in [0.5, 0.6) is 5.88 Å². The van der Waals surface area contributed by atoms with Crippen molar-refractivity contribution in [1.82, 2.24) is 9.79 Å². The molecule has 0 N–H and O–H groups in total. The first-order valence-corrected chi connectivity index (χ1v) is 8.72. The number of rotatable bonds is 5. The van der Waals surface area contributed by atoms with E-state index in [0.717, 1.165) is 37.7 Å². The van der Waals surface area contributed by atoms with E-state index in [9.17, 15) is 9.18 Å². The molecule has 0 unspecified atom stereocenters. The maximum Gasteiger partial charge on any atom is 0.337 e. The summed E-state index contributed by atoms with van der Waals surface area (Å²) in [6, 6.07) is 9.94. The molecular weight excluding hydrogens is 334 g/mol. The highest BCUT2D eigenvalue weighted by atomic mass is 19.1. The molecular formula is C19H22BFN2O3. The van der Waals surface area contributed by atoms with Crippen molar-refractivity contribution >= 4 is 14.0 Å². The van der Waals surface area contributed by atoms with Gasteiger partial charge in [0.05, 0.1) is 12.7 Å². The van der Waals surface area contributed by atoms with Crippen LogP contribution >= 0.6 is 0 Å². The van der Waals surface area contributed by atoms with Gasteiger partial charge >= 0.3 is 5.97 Å². The summed E-state index contributed by atoms with van der Waals surface area (Å²) < 4.78 is 24.4. The molecule has 0 spiro atoms. The molecule has 1 fully saturated rings. The molecule has 1 aliphatic rings. The number of hydrogen-bond donors (Lipinski definition) is 0. The number of carbonyl (C=O) groups is 1. The number of halogens is 1. The van der Waals surface area contributed by atoms with Crippen LogP contribution in [0.2, 0.25) is 0 Å². The van der Waals surface area contributed by atoms with Crippen LogP contribution in [0.4, 0.5) is 4.39 Å². The Morgan fingerprint density at radius 3 is 2.77 bits per heavy atom. The Hall–Kier alpha value is -2.41. The van der Waals surface area contributed by atoms with Gasteiger partial charge in [0.1, 0.15) is 12.4 Å². The van der Waals surface area contributed by atoms with E-state index in [0.29, 0.717) is 17.4 Å². The summed E-state index contributed by atoms with van der Waals surface area (Å²) >= 11 is 0. The first kappa shape index (κ1) is 18.4. The van der Waals surface area contributed by atoms with Crippen molar-refractivity contribution in [2.45, 2.75) is 25.4 Å². The van der Waals surface area contributed by atoms with Gasteiger partial charge in [-0.3, -0.25) is 0 Å². The van der Waals surface area contributed by atoms with Crippen molar-refractivity contribution in [2.75, 3.05) is 20.2 Å². The Labute approximate surface area is 153 Å². The second kappa shape index (κ2) is 8.32. The topological polar surface area (TPSA) is 51.7 Å². The number of aromatic nitrogens is 1. The molecule has 2 heterocycles. The van der Waals surface area contributed by atoms with Gasteiger partial charge in [-0.1, -0.05) is 12.1 Å². The standard InChI is InChI=1S/C19H22BFN2O3/c1-25-19(24)14-5-6-15(16(21)11-14)12-26-18-4-2-3-17(22-18)13-7-9-23(20)10-8-13/h2-6,11,13H,7-10,12,20H2,1H3. The molecule has 0 radical (unpaired) electrons. The summed E-state index contributed by atoms with van der Waals surface area (Å²) in [5.41, 5.74) is 1.57. The monoisotopic (exact) mass is 356 g/mol. The summed E-state index contributed by atoms with van der Waals surface area (Å²) in [5, 5.41) is 0. The lowest BCUT2D eigenvalue weighted by Crippen LogP contribution is -2.30. The van der Waals surface area contributed by atoms with E-state index in [2.05, 4.69) is 22.5 Å². The van der Waals surface area contributed by atoms with Crippen molar-refractivity contribution < 1.29 is 18.7 Å². The van der Waals surface area contributed by atoms with Crippen molar-refractivity contribution in [1.29, 1.82) is 0 Å². The minimum atomic E-state index is -0.566. The average Bonchev–Trinajstić information content (AvgIpc) is 2.67. The van der Waals surface area contributed by atoms with Gasteiger partial charge in [-0.2, -0.15) is 0 Å². The number of methoxy groups -OCH3 is 1. The van der Waals surface area contributed by atoms with Crippen LogP contribution in [-0.2, 0) is 11.3 Å². The van der Waals surface area contributed by atoms with Gasteiger partial charge in [0, 0.05) is 23.2 Å². The van der Waals surface area contributed by atoms with Crippen molar-refractivity contribution in [3.8, 4) is 5.88 Å². The van der Waals surface area contributed by atoms with Crippen LogP contribution in [0.1, 0.15) is 40.4 Å². The molecule has 1 saturated heterocycles. The predicted molar refractivity (Wildman–Crippen MR) is 98.4 cm³/mol. The molecule has 5 nitrogen and oxygen atoms in total. The van der Waals surface area contributed by atoms with Gasteiger partial charge in [-0.05, 0) is 44.1 Å². The van der Waals surface area contributed by atoms with Crippen molar-refractivity contribution in [3.05, 3.63) is 59.0 Å². The molecule has 0 bridgehead atoms. The largest absolute Gasteiger partial charge is 0.473 e. The van der Waals surface area contributed by atoms with E-state index in [1.54, 1.807) is 6.07 Å². The van der Waals surface area contributed by atoms with Gasteiger partial charge in [0.2, 0.25) is 5.88 Å². The number of piperidine rings is 1. The van der Waals surface area contributed by atoms with Crippen LogP contribution < -0.4 is 4.74 Å². The molecule has 7 heteroatoms. The van der Waals surface area contributed by atoms with E-state index in [1.807, 2.05) is 12.1 Å². The third-order valence-corrected chi connectivity index (χ3v) is 4.73. The second-order valence-electron chi connectivity index (χ2n) is 6.56. The van der Waals surface area contributed by atoms with Crippen LogP contribution in [-0.4, -0.2) is 43.9 Å². The predicted octanol–water partition coefficient (Wildman–Crippen LogP) is 2.31. The number of ether oxygens (including phenoxy) is 2. The molecule has 0 atom stereocenters. The lowest BCUT2D eigenvalue weighted by molar-refractivity contribution is 0.0600. The highest BCUT2D eigenvalue weighted by molar-refractivity contribution is 6.04. The molecule has 136 valence electrons. The molecule has 0 aliphatic carbocycles. The molecule has 0 amide bonds. The summed E-state index contributed by atoms with van der Waals surface area (Å²) in [5.74, 6) is -0.146. The fourth-order valence-electron chi connectivity index (χ4n) is 3.10. The lowest BCUT2D eigenvalue weighted by atomic mass is 9.92. The maximum atomic E-state index is 14.1. The van der Waals surface area contributed by atoms with Crippen LogP contribution in [0.15, 0.2) is 36.4 Å². The van der Waals surface area contributed by atoms with E-state index in [1.165, 1.54) is 19.2 Å².